The molecular formula is C17H17ClFN3O4. The summed E-state index contributed by atoms with van der Waals surface area (Å²) in [4.78, 5) is 23.6. The number of aromatic nitrogens is 1. The lowest BCUT2D eigenvalue weighted by atomic mass is 10.2. The van der Waals surface area contributed by atoms with Gasteiger partial charge in [0.25, 0.3) is 11.8 Å². The van der Waals surface area contributed by atoms with Crippen LogP contribution in [0.2, 0.25) is 5.02 Å². The summed E-state index contributed by atoms with van der Waals surface area (Å²) in [5, 5.41) is 8.66. The Morgan fingerprint density at radius 1 is 1.42 bits per heavy atom. The lowest BCUT2D eigenvalue weighted by Gasteiger charge is -2.10. The van der Waals surface area contributed by atoms with E-state index in [4.69, 9.17) is 20.9 Å². The number of halogens is 2. The molecule has 0 aliphatic rings. The van der Waals surface area contributed by atoms with Crippen LogP contribution >= 0.6 is 11.6 Å². The van der Waals surface area contributed by atoms with Crippen LogP contribution in [0.3, 0.4) is 0 Å². The number of nitrogens with one attached hydrogen (secondary N) is 2. The molecule has 0 saturated heterocycles. The molecule has 7 nitrogen and oxygen atoms in total. The van der Waals surface area contributed by atoms with Crippen LogP contribution < -0.4 is 15.4 Å². The number of carbonyl (C=O) groups excluding carboxylic acids is 2. The van der Waals surface area contributed by atoms with Crippen LogP contribution in [0.25, 0.3) is 0 Å². The van der Waals surface area contributed by atoms with Gasteiger partial charge >= 0.3 is 0 Å². The maximum absolute atomic E-state index is 13.3. The Kier molecular flexibility index (Phi) is 6.74. The van der Waals surface area contributed by atoms with Crippen LogP contribution in [0.15, 0.2) is 41.2 Å². The number of carbonyl (C=O) groups is 2. The zero-order valence-electron chi connectivity index (χ0n) is 14.0. The van der Waals surface area contributed by atoms with Gasteiger partial charge in [-0.2, -0.15) is 0 Å². The molecule has 0 aliphatic carbocycles. The molecule has 1 heterocycles. The molecule has 9 heteroatoms. The van der Waals surface area contributed by atoms with Crippen molar-refractivity contribution in [3.63, 3.8) is 0 Å². The SMILES string of the molecule is C=C(CCNC(=O)c1oncc1C)NC(=O)COc1ccc(Cl)c(F)c1. The molecule has 0 radical (unpaired) electrons. The van der Waals surface area contributed by atoms with Crippen molar-refractivity contribution in [2.45, 2.75) is 13.3 Å². The lowest BCUT2D eigenvalue weighted by Crippen LogP contribution is -2.31. The standard InChI is InChI=1S/C17H17ClFN3O4/c1-10-8-21-26-16(10)17(24)20-6-5-11(2)22-15(23)9-25-12-3-4-13(18)14(19)7-12/h3-4,7-8H,2,5-6,9H2,1H3,(H,20,24)(H,22,23). The molecule has 0 saturated carbocycles. The topological polar surface area (TPSA) is 93.5 Å². The Balaban J connectivity index is 1.68. The minimum absolute atomic E-state index is 0.0299. The van der Waals surface area contributed by atoms with E-state index in [0.29, 0.717) is 17.7 Å². The maximum Gasteiger partial charge on any atom is 0.290 e. The molecule has 2 aromatic rings. The van der Waals surface area contributed by atoms with Gasteiger partial charge in [0, 0.05) is 30.3 Å². The first-order chi connectivity index (χ1) is 12.4. The number of rotatable bonds is 8. The zero-order valence-corrected chi connectivity index (χ0v) is 14.7. The Morgan fingerprint density at radius 2 is 2.19 bits per heavy atom. The normalized spacial score (nSPS) is 10.3. The van der Waals surface area contributed by atoms with E-state index in [1.165, 1.54) is 18.3 Å². The number of aryl methyl sites for hydroxylation is 1. The summed E-state index contributed by atoms with van der Waals surface area (Å²) in [5.41, 5.74) is 1.03. The molecule has 0 spiro atoms. The fraction of sp³-hybridized carbons (Fsp3) is 0.235. The third-order valence-corrected chi connectivity index (χ3v) is 3.55. The fourth-order valence-corrected chi connectivity index (χ4v) is 2.05. The Labute approximate surface area is 154 Å². The molecule has 1 aromatic heterocycles. The summed E-state index contributed by atoms with van der Waals surface area (Å²) in [5.74, 6) is -1.16. The molecule has 2 N–H and O–H groups in total. The number of hydrogen-bond acceptors (Lipinski definition) is 5. The largest absolute Gasteiger partial charge is 0.484 e. The number of ether oxygens (including phenoxy) is 1. The quantitative estimate of drug-likeness (QED) is 0.733. The van der Waals surface area contributed by atoms with Crippen LogP contribution in [0, 0.1) is 12.7 Å². The number of hydrogen-bond donors (Lipinski definition) is 2. The summed E-state index contributed by atoms with van der Waals surface area (Å²) >= 11 is 5.56. The van der Waals surface area contributed by atoms with Crippen molar-refractivity contribution in [3.05, 3.63) is 58.8 Å². The van der Waals surface area contributed by atoms with E-state index < -0.39 is 17.6 Å². The van der Waals surface area contributed by atoms with Gasteiger partial charge in [-0.3, -0.25) is 9.59 Å². The Bertz CT molecular complexity index is 822. The smallest absolute Gasteiger partial charge is 0.290 e. The van der Waals surface area contributed by atoms with Gasteiger partial charge in [-0.25, -0.2) is 4.39 Å². The molecule has 2 rings (SSSR count). The molecule has 1 aromatic carbocycles. The molecular weight excluding hydrogens is 365 g/mol. The highest BCUT2D eigenvalue weighted by Gasteiger charge is 2.13. The van der Waals surface area contributed by atoms with E-state index in [-0.39, 0.29) is 29.7 Å². The van der Waals surface area contributed by atoms with Gasteiger partial charge in [0.2, 0.25) is 5.76 Å². The van der Waals surface area contributed by atoms with Gasteiger partial charge < -0.3 is 19.9 Å². The van der Waals surface area contributed by atoms with Crippen LogP contribution in [-0.4, -0.2) is 30.1 Å². The minimum atomic E-state index is -0.633. The summed E-state index contributed by atoms with van der Waals surface area (Å²) in [7, 11) is 0. The van der Waals surface area contributed by atoms with Crippen LogP contribution in [0.4, 0.5) is 4.39 Å². The summed E-state index contributed by atoms with van der Waals surface area (Å²) in [6.07, 6.45) is 1.76. The van der Waals surface area contributed by atoms with Crippen molar-refractivity contribution >= 4 is 23.4 Å². The number of amides is 2. The lowest BCUT2D eigenvalue weighted by molar-refractivity contribution is -0.122. The first-order valence-electron chi connectivity index (χ1n) is 7.61. The van der Waals surface area contributed by atoms with Crippen LogP contribution in [0.1, 0.15) is 22.5 Å². The zero-order chi connectivity index (χ0) is 19.1. The van der Waals surface area contributed by atoms with Crippen molar-refractivity contribution in [1.82, 2.24) is 15.8 Å². The molecule has 26 heavy (non-hydrogen) atoms. The van der Waals surface area contributed by atoms with Crippen molar-refractivity contribution in [1.29, 1.82) is 0 Å². The van der Waals surface area contributed by atoms with E-state index in [0.717, 1.165) is 6.07 Å². The van der Waals surface area contributed by atoms with E-state index >= 15 is 0 Å². The fourth-order valence-electron chi connectivity index (χ4n) is 1.93. The van der Waals surface area contributed by atoms with Gasteiger partial charge in [0.1, 0.15) is 11.6 Å². The Hall–Kier alpha value is -2.87. The minimum Gasteiger partial charge on any atom is -0.484 e. The van der Waals surface area contributed by atoms with Crippen LogP contribution in [0.5, 0.6) is 5.75 Å². The van der Waals surface area contributed by atoms with E-state index in [9.17, 15) is 14.0 Å². The summed E-state index contributed by atoms with van der Waals surface area (Å²) < 4.78 is 23.3. The second-order valence-electron chi connectivity index (χ2n) is 5.36. The Morgan fingerprint density at radius 3 is 2.85 bits per heavy atom. The third kappa shape index (κ3) is 5.59. The second-order valence-corrected chi connectivity index (χ2v) is 5.77. The van der Waals surface area contributed by atoms with Crippen molar-refractivity contribution in [2.24, 2.45) is 0 Å². The van der Waals surface area contributed by atoms with Gasteiger partial charge in [-0.05, 0) is 19.1 Å². The molecule has 0 fully saturated rings. The van der Waals surface area contributed by atoms with Gasteiger partial charge in [-0.1, -0.05) is 23.3 Å². The monoisotopic (exact) mass is 381 g/mol. The highest BCUT2D eigenvalue weighted by atomic mass is 35.5. The molecule has 0 bridgehead atoms. The number of nitrogens with zero attached hydrogens (tertiary/aromatic N) is 1. The average molecular weight is 382 g/mol. The molecule has 0 atom stereocenters. The van der Waals surface area contributed by atoms with E-state index in [1.54, 1.807) is 6.92 Å². The molecule has 2 amide bonds. The first-order valence-corrected chi connectivity index (χ1v) is 7.99. The summed E-state index contributed by atoms with van der Waals surface area (Å²) in [6.45, 7) is 5.34. The second kappa shape index (κ2) is 9.00. The first kappa shape index (κ1) is 19.5. The van der Waals surface area contributed by atoms with Crippen molar-refractivity contribution < 1.29 is 23.2 Å². The van der Waals surface area contributed by atoms with E-state index in [1.807, 2.05) is 0 Å². The van der Waals surface area contributed by atoms with Crippen molar-refractivity contribution in [2.75, 3.05) is 13.2 Å². The van der Waals surface area contributed by atoms with Gasteiger partial charge in [0.05, 0.1) is 11.2 Å². The molecule has 0 aliphatic heterocycles. The third-order valence-electron chi connectivity index (χ3n) is 3.24. The highest BCUT2D eigenvalue weighted by Crippen LogP contribution is 2.20. The summed E-state index contributed by atoms with van der Waals surface area (Å²) in [6, 6.07) is 3.88. The maximum atomic E-state index is 13.3. The number of benzene rings is 1. The predicted octanol–water partition coefficient (Wildman–Crippen LogP) is 2.60. The predicted molar refractivity (Wildman–Crippen MR) is 92.4 cm³/mol. The highest BCUT2D eigenvalue weighted by molar-refractivity contribution is 6.30. The van der Waals surface area contributed by atoms with E-state index in [2.05, 4.69) is 22.4 Å². The van der Waals surface area contributed by atoms with Crippen LogP contribution in [-0.2, 0) is 4.79 Å². The molecule has 0 unspecified atom stereocenters. The van der Waals surface area contributed by atoms with Gasteiger partial charge in [0.15, 0.2) is 6.61 Å². The molecule has 138 valence electrons. The van der Waals surface area contributed by atoms with Gasteiger partial charge in [-0.15, -0.1) is 0 Å². The average Bonchev–Trinajstić information content (AvgIpc) is 3.02. The van der Waals surface area contributed by atoms with Crippen molar-refractivity contribution in [3.8, 4) is 5.75 Å².